The minimum Gasteiger partial charge on any atom is -0.330 e. The van der Waals surface area contributed by atoms with Crippen LogP contribution in [0, 0.1) is 23.2 Å². The van der Waals surface area contributed by atoms with E-state index in [1.165, 1.54) is 6.42 Å². The molecule has 0 aromatic carbocycles. The van der Waals surface area contributed by atoms with E-state index in [0.717, 1.165) is 31.5 Å². The Morgan fingerprint density at radius 3 is 2.00 bits per heavy atom. The summed E-state index contributed by atoms with van der Waals surface area (Å²) in [4.78, 5) is 0. The molecule has 0 aliphatic carbocycles. The van der Waals surface area contributed by atoms with Crippen LogP contribution in [0.25, 0.3) is 0 Å². The van der Waals surface area contributed by atoms with Crippen molar-refractivity contribution in [2.75, 3.05) is 19.6 Å². The molecule has 2 unspecified atom stereocenters. The van der Waals surface area contributed by atoms with Crippen molar-refractivity contribution in [2.45, 2.75) is 48.0 Å². The van der Waals surface area contributed by atoms with Gasteiger partial charge in [0.15, 0.2) is 0 Å². The molecule has 0 aliphatic heterocycles. The van der Waals surface area contributed by atoms with Gasteiger partial charge in [0.1, 0.15) is 0 Å². The fourth-order valence-electron chi connectivity index (χ4n) is 1.86. The monoisotopic (exact) mass is 228 g/mol. The van der Waals surface area contributed by atoms with Gasteiger partial charge in [0.05, 0.1) is 0 Å². The highest BCUT2D eigenvalue weighted by Gasteiger charge is 2.17. The predicted molar refractivity (Wildman–Crippen MR) is 73.5 cm³/mol. The maximum absolute atomic E-state index is 5.82. The Bertz CT molecular complexity index is 170. The highest BCUT2D eigenvalue weighted by molar-refractivity contribution is 4.72. The summed E-state index contributed by atoms with van der Waals surface area (Å²) in [6, 6.07) is 0. The van der Waals surface area contributed by atoms with Crippen molar-refractivity contribution < 1.29 is 0 Å². The Hall–Kier alpha value is -0.0800. The van der Waals surface area contributed by atoms with Gasteiger partial charge in [-0.05, 0) is 49.2 Å². The normalized spacial score (nSPS) is 16.5. The summed E-state index contributed by atoms with van der Waals surface area (Å²) >= 11 is 0. The number of nitrogens with one attached hydrogen (secondary N) is 1. The molecule has 0 aliphatic rings. The van der Waals surface area contributed by atoms with Crippen LogP contribution in [0.5, 0.6) is 0 Å². The average molecular weight is 228 g/mol. The molecule has 3 N–H and O–H groups in total. The van der Waals surface area contributed by atoms with Crippen LogP contribution in [-0.4, -0.2) is 19.6 Å². The van der Waals surface area contributed by atoms with Crippen molar-refractivity contribution in [3.05, 3.63) is 0 Å². The van der Waals surface area contributed by atoms with Gasteiger partial charge in [-0.3, -0.25) is 0 Å². The van der Waals surface area contributed by atoms with Crippen molar-refractivity contribution in [3.63, 3.8) is 0 Å². The molecule has 0 heterocycles. The smallest absolute Gasteiger partial charge is 0.000814 e. The molecule has 0 saturated carbocycles. The minimum atomic E-state index is 0.384. The molecule has 0 amide bonds. The molecule has 16 heavy (non-hydrogen) atoms. The van der Waals surface area contributed by atoms with E-state index in [2.05, 4.69) is 46.9 Å². The minimum absolute atomic E-state index is 0.384. The molecule has 0 saturated heterocycles. The number of nitrogens with two attached hydrogens (primary N) is 1. The Labute approximate surface area is 102 Å². The van der Waals surface area contributed by atoms with Crippen LogP contribution in [0.4, 0.5) is 0 Å². The number of hydrogen-bond donors (Lipinski definition) is 2. The molecule has 0 fully saturated rings. The molecule has 0 aromatic heterocycles. The molecule has 0 aromatic rings. The predicted octanol–water partition coefficient (Wildman–Crippen LogP) is 2.88. The molecule has 0 spiro atoms. The second kappa shape index (κ2) is 7.29. The maximum atomic E-state index is 5.82. The van der Waals surface area contributed by atoms with Gasteiger partial charge in [-0.2, -0.15) is 0 Å². The Kier molecular flexibility index (Phi) is 7.25. The lowest BCUT2D eigenvalue weighted by molar-refractivity contribution is 0.282. The van der Waals surface area contributed by atoms with Crippen LogP contribution < -0.4 is 11.1 Å². The fourth-order valence-corrected chi connectivity index (χ4v) is 1.86. The summed E-state index contributed by atoms with van der Waals surface area (Å²) in [6.45, 7) is 16.7. The SMILES string of the molecule is CC(C)C(C)CNCC(CN)CC(C)(C)C. The van der Waals surface area contributed by atoms with Crippen molar-refractivity contribution in [2.24, 2.45) is 28.9 Å². The third-order valence-electron chi connectivity index (χ3n) is 3.27. The first-order valence-corrected chi connectivity index (χ1v) is 6.67. The molecular weight excluding hydrogens is 196 g/mol. The summed E-state index contributed by atoms with van der Waals surface area (Å²) in [6.07, 6.45) is 1.20. The summed E-state index contributed by atoms with van der Waals surface area (Å²) < 4.78 is 0. The van der Waals surface area contributed by atoms with Crippen LogP contribution in [0.1, 0.15) is 48.0 Å². The van der Waals surface area contributed by atoms with Crippen LogP contribution in [0.3, 0.4) is 0 Å². The Balaban J connectivity index is 3.80. The molecule has 0 bridgehead atoms. The van der Waals surface area contributed by atoms with E-state index in [0.29, 0.717) is 11.3 Å². The molecule has 2 heteroatoms. The number of hydrogen-bond acceptors (Lipinski definition) is 2. The van der Waals surface area contributed by atoms with E-state index in [1.807, 2.05) is 0 Å². The zero-order valence-electron chi connectivity index (χ0n) is 12.1. The van der Waals surface area contributed by atoms with Gasteiger partial charge < -0.3 is 11.1 Å². The first-order chi connectivity index (χ1) is 7.26. The van der Waals surface area contributed by atoms with Crippen molar-refractivity contribution in [1.82, 2.24) is 5.32 Å². The van der Waals surface area contributed by atoms with Gasteiger partial charge >= 0.3 is 0 Å². The lowest BCUT2D eigenvalue weighted by atomic mass is 9.84. The summed E-state index contributed by atoms with van der Waals surface area (Å²) in [5.74, 6) is 2.11. The van der Waals surface area contributed by atoms with Gasteiger partial charge in [0.25, 0.3) is 0 Å². The van der Waals surface area contributed by atoms with Crippen molar-refractivity contribution in [1.29, 1.82) is 0 Å². The standard InChI is InChI=1S/C14H32N2/c1-11(2)12(3)9-16-10-13(8-15)7-14(4,5)6/h11-13,16H,7-10,15H2,1-6H3. The quantitative estimate of drug-likeness (QED) is 0.703. The molecule has 98 valence electrons. The van der Waals surface area contributed by atoms with Crippen LogP contribution in [0.2, 0.25) is 0 Å². The molecule has 0 radical (unpaired) electrons. The van der Waals surface area contributed by atoms with Gasteiger partial charge in [0.2, 0.25) is 0 Å². The molecule has 2 nitrogen and oxygen atoms in total. The first kappa shape index (κ1) is 15.9. The second-order valence-corrected chi connectivity index (χ2v) is 6.75. The second-order valence-electron chi connectivity index (χ2n) is 6.75. The molecular formula is C14H32N2. The van der Waals surface area contributed by atoms with Gasteiger partial charge in [-0.15, -0.1) is 0 Å². The molecule has 2 atom stereocenters. The third-order valence-corrected chi connectivity index (χ3v) is 3.27. The van der Waals surface area contributed by atoms with Gasteiger partial charge in [0, 0.05) is 0 Å². The lowest BCUT2D eigenvalue weighted by Gasteiger charge is -2.26. The zero-order chi connectivity index (χ0) is 12.8. The van der Waals surface area contributed by atoms with Gasteiger partial charge in [-0.25, -0.2) is 0 Å². The van der Waals surface area contributed by atoms with E-state index in [-0.39, 0.29) is 0 Å². The van der Waals surface area contributed by atoms with Gasteiger partial charge in [-0.1, -0.05) is 41.5 Å². The largest absolute Gasteiger partial charge is 0.330 e. The van der Waals surface area contributed by atoms with Crippen LogP contribution >= 0.6 is 0 Å². The average Bonchev–Trinajstić information content (AvgIpc) is 2.13. The van der Waals surface area contributed by atoms with E-state index >= 15 is 0 Å². The fraction of sp³-hybridized carbons (Fsp3) is 1.00. The van der Waals surface area contributed by atoms with E-state index in [1.54, 1.807) is 0 Å². The number of rotatable bonds is 7. The summed E-state index contributed by atoms with van der Waals surface area (Å²) in [5.41, 5.74) is 6.20. The highest BCUT2D eigenvalue weighted by atomic mass is 14.9. The summed E-state index contributed by atoms with van der Waals surface area (Å²) in [7, 11) is 0. The highest BCUT2D eigenvalue weighted by Crippen LogP contribution is 2.23. The Morgan fingerprint density at radius 1 is 1.06 bits per heavy atom. The topological polar surface area (TPSA) is 38.0 Å². The lowest BCUT2D eigenvalue weighted by Crippen LogP contribution is -2.34. The van der Waals surface area contributed by atoms with Crippen molar-refractivity contribution in [3.8, 4) is 0 Å². The van der Waals surface area contributed by atoms with E-state index in [9.17, 15) is 0 Å². The van der Waals surface area contributed by atoms with Crippen LogP contribution in [-0.2, 0) is 0 Å². The van der Waals surface area contributed by atoms with Crippen LogP contribution in [0.15, 0.2) is 0 Å². The first-order valence-electron chi connectivity index (χ1n) is 6.67. The third kappa shape index (κ3) is 8.12. The van der Waals surface area contributed by atoms with E-state index < -0.39 is 0 Å². The van der Waals surface area contributed by atoms with E-state index in [4.69, 9.17) is 5.73 Å². The summed E-state index contributed by atoms with van der Waals surface area (Å²) in [5, 5.41) is 3.56. The maximum Gasteiger partial charge on any atom is -0.000814 e. The van der Waals surface area contributed by atoms with Crippen molar-refractivity contribution >= 4 is 0 Å². The zero-order valence-corrected chi connectivity index (χ0v) is 12.1. The Morgan fingerprint density at radius 2 is 1.62 bits per heavy atom. The molecule has 0 rings (SSSR count).